The van der Waals surface area contributed by atoms with Crippen molar-refractivity contribution in [1.82, 2.24) is 0 Å². The molecule has 0 bridgehead atoms. The number of benzene rings is 2. The molecule has 1 atom stereocenters. The number of carbonyl (C=O) groups excluding carboxylic acids is 1. The molecule has 27 heavy (non-hydrogen) atoms. The number of nitrogens with two attached hydrogens (primary N) is 1. The molecule has 0 saturated carbocycles. The Balaban J connectivity index is 1.98. The van der Waals surface area contributed by atoms with Crippen molar-refractivity contribution in [2.75, 3.05) is 7.11 Å². The molecular weight excluding hydrogens is 370 g/mol. The molecule has 0 fully saturated rings. The van der Waals surface area contributed by atoms with Gasteiger partial charge in [-0.05, 0) is 18.1 Å². The molecule has 2 aromatic carbocycles. The summed E-state index contributed by atoms with van der Waals surface area (Å²) >= 11 is 0. The van der Waals surface area contributed by atoms with Gasteiger partial charge in [0.25, 0.3) is 0 Å². The van der Waals surface area contributed by atoms with Gasteiger partial charge in [0.05, 0.1) is 11.2 Å². The topological polar surface area (TPSA) is 105 Å². The second-order valence-corrected chi connectivity index (χ2v) is 6.89. The van der Waals surface area contributed by atoms with Crippen LogP contribution in [0.4, 0.5) is 0 Å². The van der Waals surface area contributed by atoms with E-state index in [-0.39, 0.29) is 16.9 Å². The van der Waals surface area contributed by atoms with Crippen molar-refractivity contribution in [3.05, 3.63) is 76.9 Å². The van der Waals surface area contributed by atoms with Crippen LogP contribution < -0.4 is 10.5 Å². The van der Waals surface area contributed by atoms with Crippen LogP contribution in [0.25, 0.3) is 0 Å². The van der Waals surface area contributed by atoms with Gasteiger partial charge in [-0.2, -0.15) is 8.42 Å². The Bertz CT molecular complexity index is 1130. The minimum Gasteiger partial charge on any atom is -0.496 e. The summed E-state index contributed by atoms with van der Waals surface area (Å²) in [7, 11) is -3.69. The van der Waals surface area contributed by atoms with Gasteiger partial charge < -0.3 is 19.4 Å². The Hall–Kier alpha value is -3.00. The Morgan fingerprint density at radius 3 is 2.59 bits per heavy atom. The zero-order valence-corrected chi connectivity index (χ0v) is 15.4. The number of aryl methyl sites for hydroxylation is 1. The van der Waals surface area contributed by atoms with Gasteiger partial charge >= 0.3 is 10.1 Å². The average molecular weight is 392 g/mol. The van der Waals surface area contributed by atoms with E-state index >= 15 is 0 Å². The summed E-state index contributed by atoms with van der Waals surface area (Å²) in [5, 5.41) is 0. The molecule has 3 rings (SSSR count). The lowest BCUT2D eigenvalue weighted by Gasteiger charge is -2.15. The first kappa shape index (κ1) is 15.1. The largest absolute Gasteiger partial charge is 0.496 e. The molecule has 1 unspecified atom stereocenters. The van der Waals surface area contributed by atoms with Crippen LogP contribution in [0.1, 0.15) is 26.9 Å². The van der Waals surface area contributed by atoms with Gasteiger partial charge in [0, 0.05) is 5.56 Å². The second kappa shape index (κ2) is 7.32. The Labute approximate surface area is 161 Å². The quantitative estimate of drug-likeness (QED) is 0.752. The number of methoxy groups -OCH3 is 1. The third-order valence-electron chi connectivity index (χ3n) is 3.72. The van der Waals surface area contributed by atoms with Gasteiger partial charge in [-0.1, -0.05) is 48.5 Å². The Morgan fingerprint density at radius 2 is 1.93 bits per heavy atom. The van der Waals surface area contributed by atoms with E-state index in [1.165, 1.54) is 37.4 Å². The molecule has 142 valence electrons. The van der Waals surface area contributed by atoms with E-state index in [0.29, 0.717) is 5.56 Å². The van der Waals surface area contributed by atoms with Crippen LogP contribution >= 0.6 is 0 Å². The van der Waals surface area contributed by atoms with Gasteiger partial charge in [-0.25, -0.2) is 0 Å². The predicted octanol–water partition coefficient (Wildman–Crippen LogP) is 2.32. The summed E-state index contributed by atoms with van der Waals surface area (Å²) in [6.45, 7) is 1.69. The average Bonchev–Trinajstić information content (AvgIpc) is 2.92. The highest BCUT2D eigenvalue weighted by molar-refractivity contribution is 7.86. The molecule has 1 aliphatic rings. The highest BCUT2D eigenvalue weighted by Crippen LogP contribution is 2.38. The fourth-order valence-corrected chi connectivity index (χ4v) is 3.40. The van der Waals surface area contributed by atoms with Crippen molar-refractivity contribution in [2.24, 2.45) is 5.73 Å². The second-order valence-electron chi connectivity index (χ2n) is 5.61. The first-order chi connectivity index (χ1) is 14.0. The maximum atomic E-state index is 12.9. The summed E-state index contributed by atoms with van der Waals surface area (Å²) in [4.78, 5) is 12.9. The maximum absolute atomic E-state index is 12.9. The number of ether oxygens (including phenoxy) is 2. The van der Waals surface area contributed by atoms with Crippen molar-refractivity contribution in [2.45, 2.75) is 18.7 Å². The lowest BCUT2D eigenvalue weighted by molar-refractivity contribution is -0.123. The van der Waals surface area contributed by atoms with Crippen LogP contribution in [-0.2, 0) is 29.5 Å². The zero-order valence-electron chi connectivity index (χ0n) is 17.6. The van der Waals surface area contributed by atoms with E-state index in [4.69, 9.17) is 23.5 Å². The van der Waals surface area contributed by atoms with Crippen molar-refractivity contribution in [1.29, 1.82) is 0 Å². The number of ketones is 1. The molecule has 8 heteroatoms. The smallest absolute Gasteiger partial charge is 0.313 e. The molecule has 1 heterocycles. The van der Waals surface area contributed by atoms with E-state index in [9.17, 15) is 13.2 Å². The van der Waals surface area contributed by atoms with Crippen molar-refractivity contribution < 1.29 is 31.0 Å². The summed E-state index contributed by atoms with van der Waals surface area (Å²) in [6, 6.07) is 11.7. The third-order valence-corrected chi connectivity index (χ3v) is 4.59. The van der Waals surface area contributed by atoms with E-state index in [1.807, 2.05) is 0 Å². The molecule has 0 aliphatic carbocycles. The fraction of sp³-hybridized carbons (Fsp3) is 0.211. The number of carbonyl (C=O) groups is 1. The first-order valence-electron chi connectivity index (χ1n) is 9.33. The number of para-hydroxylation sites is 1. The molecular formula is C19H19NO6S. The number of Topliss-reactive ketones (excluding diaryl/α,β-unsaturated/α-hetero) is 1. The zero-order chi connectivity index (χ0) is 22.3. The van der Waals surface area contributed by atoms with Crippen LogP contribution in [0.2, 0.25) is 0 Å². The molecule has 0 aromatic heterocycles. The van der Waals surface area contributed by atoms with Crippen LogP contribution in [-0.4, -0.2) is 21.3 Å². The SMILES string of the molecule is [2H]C1(c2cccc(C)c2OC)OC(N)=C(OS(=O)(=O)C([2H])([2H])c2ccccc2)C1=O. The maximum Gasteiger partial charge on any atom is 0.313 e. The summed E-state index contributed by atoms with van der Waals surface area (Å²) in [5.41, 5.74) is 3.08. The number of rotatable bonds is 6. The summed E-state index contributed by atoms with van der Waals surface area (Å²) < 4.78 is 65.0. The van der Waals surface area contributed by atoms with Crippen molar-refractivity contribution >= 4 is 15.9 Å². The molecule has 2 N–H and O–H groups in total. The van der Waals surface area contributed by atoms with Crippen molar-refractivity contribution in [3.63, 3.8) is 0 Å². The van der Waals surface area contributed by atoms with Gasteiger partial charge in [0.2, 0.25) is 17.4 Å². The molecule has 2 aromatic rings. The third kappa shape index (κ3) is 3.90. The van der Waals surface area contributed by atoms with Gasteiger partial charge in [-0.3, -0.25) is 4.79 Å². The molecule has 0 radical (unpaired) electrons. The molecule has 0 amide bonds. The molecule has 7 nitrogen and oxygen atoms in total. The number of hydrogen-bond donors (Lipinski definition) is 1. The van der Waals surface area contributed by atoms with Gasteiger partial charge in [0.15, 0.2) is 6.08 Å². The van der Waals surface area contributed by atoms with E-state index in [1.54, 1.807) is 25.1 Å². The fourth-order valence-electron chi connectivity index (χ4n) is 2.56. The minimum atomic E-state index is -5.04. The van der Waals surface area contributed by atoms with Crippen LogP contribution in [0.3, 0.4) is 0 Å². The van der Waals surface area contributed by atoms with Gasteiger partial charge in [0.1, 0.15) is 11.5 Å². The van der Waals surface area contributed by atoms with E-state index in [2.05, 4.69) is 0 Å². The normalized spacial score (nSPS) is 21.9. The van der Waals surface area contributed by atoms with E-state index < -0.39 is 39.3 Å². The Morgan fingerprint density at radius 1 is 1.22 bits per heavy atom. The molecule has 0 spiro atoms. The lowest BCUT2D eigenvalue weighted by atomic mass is 10.0. The Kier molecular flexibility index (Phi) is 4.09. The summed E-state index contributed by atoms with van der Waals surface area (Å²) in [5.74, 6) is -2.71. The van der Waals surface area contributed by atoms with Crippen LogP contribution in [0.15, 0.2) is 60.2 Å². The van der Waals surface area contributed by atoms with Crippen LogP contribution in [0.5, 0.6) is 5.75 Å². The predicted molar refractivity (Wildman–Crippen MR) is 97.9 cm³/mol. The van der Waals surface area contributed by atoms with Crippen LogP contribution in [0, 0.1) is 6.92 Å². The highest BCUT2D eigenvalue weighted by atomic mass is 32.2. The standard InChI is InChI=1S/C19H19NO6S/c1-12-7-6-10-14(16(12)24-2)17-15(21)18(19(20)25-17)26-27(22,23)11-13-8-4-3-5-9-13/h3-10,17H,11,20H2,1-2H3/i11D2,17D. The monoisotopic (exact) mass is 392 g/mol. The van der Waals surface area contributed by atoms with Gasteiger partial charge in [-0.15, -0.1) is 0 Å². The number of hydrogen-bond acceptors (Lipinski definition) is 7. The summed E-state index contributed by atoms with van der Waals surface area (Å²) in [6.07, 6.45) is -2.45. The minimum absolute atomic E-state index is 0.0000162. The molecule has 1 aliphatic heterocycles. The van der Waals surface area contributed by atoms with E-state index in [0.717, 1.165) is 0 Å². The molecule has 0 saturated heterocycles. The first-order valence-corrected chi connectivity index (χ1v) is 9.23. The van der Waals surface area contributed by atoms with Crippen molar-refractivity contribution in [3.8, 4) is 5.75 Å². The lowest BCUT2D eigenvalue weighted by Crippen LogP contribution is -2.16. The highest BCUT2D eigenvalue weighted by Gasteiger charge is 2.41.